The van der Waals surface area contributed by atoms with Crippen molar-refractivity contribution in [2.75, 3.05) is 19.4 Å². The Hall–Kier alpha value is -1.51. The minimum absolute atomic E-state index is 0.0189. The van der Waals surface area contributed by atoms with E-state index in [2.05, 4.69) is 28.4 Å². The first-order valence-electron chi connectivity index (χ1n) is 7.08. The van der Waals surface area contributed by atoms with Crippen LogP contribution in [0.15, 0.2) is 18.5 Å². The first-order valence-corrected chi connectivity index (χ1v) is 8.30. The molecule has 1 aliphatic carbocycles. The van der Waals surface area contributed by atoms with Crippen molar-refractivity contribution in [3.05, 3.63) is 29.6 Å². The Kier molecular flexibility index (Phi) is 5.66. The van der Waals surface area contributed by atoms with E-state index in [1.54, 1.807) is 18.5 Å². The Morgan fingerprint density at radius 3 is 3.00 bits per heavy atom. The van der Waals surface area contributed by atoms with Crippen LogP contribution in [-0.4, -0.2) is 40.2 Å². The van der Waals surface area contributed by atoms with Crippen LogP contribution >= 0.6 is 11.8 Å². The van der Waals surface area contributed by atoms with Gasteiger partial charge in [0.15, 0.2) is 0 Å². The number of rotatable bonds is 5. The molecule has 0 saturated heterocycles. The smallest absolute Gasteiger partial charge is 0.252 e. The van der Waals surface area contributed by atoms with Gasteiger partial charge < -0.3 is 10.4 Å². The Morgan fingerprint density at radius 1 is 1.57 bits per heavy atom. The van der Waals surface area contributed by atoms with Crippen molar-refractivity contribution in [3.8, 4) is 11.8 Å². The maximum atomic E-state index is 12.3. The van der Waals surface area contributed by atoms with Crippen molar-refractivity contribution in [1.82, 2.24) is 10.3 Å². The summed E-state index contributed by atoms with van der Waals surface area (Å²) in [5, 5.41) is 11.8. The maximum absolute atomic E-state index is 12.3. The van der Waals surface area contributed by atoms with E-state index < -0.39 is 0 Å². The number of hydrogen-bond acceptors (Lipinski definition) is 4. The van der Waals surface area contributed by atoms with Crippen LogP contribution in [0.2, 0.25) is 0 Å². The fraction of sp³-hybridized carbons (Fsp3) is 0.500. The van der Waals surface area contributed by atoms with Gasteiger partial charge in [-0.3, -0.25) is 9.78 Å². The molecule has 4 nitrogen and oxygen atoms in total. The highest BCUT2D eigenvalue weighted by Crippen LogP contribution is 2.42. The summed E-state index contributed by atoms with van der Waals surface area (Å²) in [6, 6.07) is 1.69. The third-order valence-corrected chi connectivity index (χ3v) is 5.21. The molecular weight excluding hydrogens is 284 g/mol. The van der Waals surface area contributed by atoms with E-state index >= 15 is 0 Å². The molecule has 1 fully saturated rings. The van der Waals surface area contributed by atoms with Gasteiger partial charge in [0.1, 0.15) is 0 Å². The second kappa shape index (κ2) is 7.48. The molecule has 1 aliphatic rings. The van der Waals surface area contributed by atoms with E-state index in [-0.39, 0.29) is 17.3 Å². The van der Waals surface area contributed by atoms with E-state index in [1.807, 2.05) is 11.8 Å². The molecule has 1 amide bonds. The lowest BCUT2D eigenvalue weighted by Gasteiger charge is -2.40. The van der Waals surface area contributed by atoms with Crippen molar-refractivity contribution in [2.24, 2.45) is 0 Å². The van der Waals surface area contributed by atoms with E-state index in [0.29, 0.717) is 24.1 Å². The fourth-order valence-electron chi connectivity index (χ4n) is 2.27. The van der Waals surface area contributed by atoms with Crippen LogP contribution in [0.1, 0.15) is 41.6 Å². The number of hydrogen-bond donors (Lipinski definition) is 2. The number of nitrogens with zero attached hydrogens (tertiary/aromatic N) is 1. The predicted molar refractivity (Wildman–Crippen MR) is 85.2 cm³/mol. The highest BCUT2D eigenvalue weighted by Gasteiger charge is 2.36. The number of amides is 1. The zero-order valence-corrected chi connectivity index (χ0v) is 13.0. The van der Waals surface area contributed by atoms with Crippen LogP contribution in [-0.2, 0) is 0 Å². The molecule has 0 spiro atoms. The van der Waals surface area contributed by atoms with Crippen molar-refractivity contribution in [3.63, 3.8) is 0 Å². The monoisotopic (exact) mass is 304 g/mol. The Morgan fingerprint density at radius 2 is 2.38 bits per heavy atom. The predicted octanol–water partition coefficient (Wildman–Crippen LogP) is 1.83. The summed E-state index contributed by atoms with van der Waals surface area (Å²) in [5.74, 6) is 5.62. The summed E-state index contributed by atoms with van der Waals surface area (Å²) in [4.78, 5) is 16.3. The summed E-state index contributed by atoms with van der Waals surface area (Å²) in [6.07, 6.45) is 9.24. The van der Waals surface area contributed by atoms with Gasteiger partial charge in [-0.1, -0.05) is 18.3 Å². The number of aromatic nitrogens is 1. The summed E-state index contributed by atoms with van der Waals surface area (Å²) in [6.45, 7) is 0.712. The number of carbonyl (C=O) groups is 1. The number of carbonyl (C=O) groups excluding carboxylic acids is 1. The lowest BCUT2D eigenvalue weighted by Crippen LogP contribution is -2.45. The Labute approximate surface area is 129 Å². The minimum Gasteiger partial charge on any atom is -0.395 e. The molecule has 1 aromatic heterocycles. The molecule has 112 valence electrons. The number of pyridine rings is 1. The average molecular weight is 304 g/mol. The van der Waals surface area contributed by atoms with Crippen LogP contribution in [0.25, 0.3) is 0 Å². The third kappa shape index (κ3) is 3.99. The van der Waals surface area contributed by atoms with Crippen molar-refractivity contribution < 1.29 is 9.90 Å². The van der Waals surface area contributed by atoms with E-state index in [1.165, 1.54) is 6.42 Å². The first kappa shape index (κ1) is 15.9. The van der Waals surface area contributed by atoms with Crippen molar-refractivity contribution in [1.29, 1.82) is 0 Å². The van der Waals surface area contributed by atoms with Gasteiger partial charge in [0.25, 0.3) is 5.91 Å². The molecule has 0 unspecified atom stereocenters. The first-order chi connectivity index (χ1) is 10.2. The number of thioether (sulfide) groups is 1. The van der Waals surface area contributed by atoms with Gasteiger partial charge in [-0.05, 0) is 25.2 Å². The zero-order chi connectivity index (χ0) is 15.1. The fourth-order valence-corrected chi connectivity index (χ4v) is 3.18. The molecule has 1 heterocycles. The lowest BCUT2D eigenvalue weighted by molar-refractivity contribution is 0.0943. The number of aliphatic hydroxyl groups excluding tert-OH is 1. The standard InChI is InChI=1S/C16H20N2O2S/c1-21-16(7-4-8-16)12-18-15(20)14-6-9-17-11-13(14)5-2-3-10-19/h6,9,11,19H,3-4,7-8,10,12H2,1H3,(H,18,20). The van der Waals surface area contributed by atoms with E-state index in [9.17, 15) is 4.79 Å². The normalized spacial score (nSPS) is 15.5. The van der Waals surface area contributed by atoms with E-state index in [4.69, 9.17) is 5.11 Å². The van der Waals surface area contributed by atoms with Gasteiger partial charge in [0, 0.05) is 30.1 Å². The van der Waals surface area contributed by atoms with Crippen LogP contribution in [0.3, 0.4) is 0 Å². The summed E-state index contributed by atoms with van der Waals surface area (Å²) < 4.78 is 0.214. The Bertz CT molecular complexity index is 553. The molecule has 1 aromatic rings. The summed E-state index contributed by atoms with van der Waals surface area (Å²) in [5.41, 5.74) is 1.15. The molecule has 2 N–H and O–H groups in total. The number of nitrogens with one attached hydrogen (secondary N) is 1. The molecule has 2 rings (SSSR count). The van der Waals surface area contributed by atoms with Crippen molar-refractivity contribution >= 4 is 17.7 Å². The highest BCUT2D eigenvalue weighted by molar-refractivity contribution is 8.00. The van der Waals surface area contributed by atoms with E-state index in [0.717, 1.165) is 12.8 Å². The topological polar surface area (TPSA) is 62.2 Å². The lowest BCUT2D eigenvalue weighted by atomic mass is 9.84. The number of aliphatic hydroxyl groups is 1. The molecule has 0 atom stereocenters. The molecule has 0 radical (unpaired) electrons. The molecule has 0 bridgehead atoms. The maximum Gasteiger partial charge on any atom is 0.252 e. The second-order valence-corrected chi connectivity index (χ2v) is 6.39. The summed E-state index contributed by atoms with van der Waals surface area (Å²) >= 11 is 1.83. The average Bonchev–Trinajstić information content (AvgIpc) is 2.47. The summed E-state index contributed by atoms with van der Waals surface area (Å²) in [7, 11) is 0. The Balaban J connectivity index is 2.04. The minimum atomic E-state index is -0.106. The molecule has 5 heteroatoms. The van der Waals surface area contributed by atoms with Crippen LogP contribution in [0, 0.1) is 11.8 Å². The largest absolute Gasteiger partial charge is 0.395 e. The van der Waals surface area contributed by atoms with Gasteiger partial charge in [-0.15, -0.1) is 0 Å². The molecular formula is C16H20N2O2S. The van der Waals surface area contributed by atoms with Gasteiger partial charge in [0.2, 0.25) is 0 Å². The van der Waals surface area contributed by atoms with Gasteiger partial charge >= 0.3 is 0 Å². The third-order valence-electron chi connectivity index (χ3n) is 3.79. The van der Waals surface area contributed by atoms with Crippen molar-refractivity contribution in [2.45, 2.75) is 30.4 Å². The zero-order valence-electron chi connectivity index (χ0n) is 12.2. The molecule has 1 saturated carbocycles. The van der Waals surface area contributed by atoms with Gasteiger partial charge in [0.05, 0.1) is 17.7 Å². The quantitative estimate of drug-likeness (QED) is 0.815. The second-order valence-electron chi connectivity index (χ2n) is 5.12. The SMILES string of the molecule is CSC1(CNC(=O)c2ccncc2C#CCCO)CCC1. The van der Waals surface area contributed by atoms with Crippen LogP contribution < -0.4 is 5.32 Å². The molecule has 21 heavy (non-hydrogen) atoms. The van der Waals surface area contributed by atoms with Crippen LogP contribution in [0.4, 0.5) is 0 Å². The highest BCUT2D eigenvalue weighted by atomic mass is 32.2. The van der Waals surface area contributed by atoms with Crippen LogP contribution in [0.5, 0.6) is 0 Å². The molecule has 0 aromatic carbocycles. The molecule has 0 aliphatic heterocycles. The van der Waals surface area contributed by atoms with Gasteiger partial charge in [-0.25, -0.2) is 0 Å². The van der Waals surface area contributed by atoms with Gasteiger partial charge in [-0.2, -0.15) is 11.8 Å².